The van der Waals surface area contributed by atoms with E-state index >= 15 is 0 Å². The summed E-state index contributed by atoms with van der Waals surface area (Å²) in [5, 5.41) is 12.7. The van der Waals surface area contributed by atoms with E-state index in [1.54, 1.807) is 18.3 Å². The van der Waals surface area contributed by atoms with E-state index in [-0.39, 0.29) is 26.8 Å². The number of aromatic hydroxyl groups is 1. The Balaban J connectivity index is 0.00000241. The summed E-state index contributed by atoms with van der Waals surface area (Å²) in [6, 6.07) is 34.0. The molecule has 168 valence electrons. The molecule has 0 bridgehead atoms. The first-order valence-electron chi connectivity index (χ1n) is 10.6. The van der Waals surface area contributed by atoms with Crippen LogP contribution in [0.15, 0.2) is 103 Å². The molecule has 0 unspecified atom stereocenters. The fourth-order valence-electron chi connectivity index (χ4n) is 4.06. The Morgan fingerprint density at radius 1 is 0.765 bits per heavy atom. The zero-order valence-corrected chi connectivity index (χ0v) is 20.1. The van der Waals surface area contributed by atoms with Crippen LogP contribution in [-0.2, 0) is 21.1 Å². The number of phenolic OH excluding ortho intramolecular Hbond substituents is 1. The van der Waals surface area contributed by atoms with E-state index < -0.39 is 0 Å². The third-order valence-electron chi connectivity index (χ3n) is 5.54. The summed E-state index contributed by atoms with van der Waals surface area (Å²) >= 11 is 0. The molecule has 3 aromatic carbocycles. The number of para-hydroxylation sites is 3. The largest absolute Gasteiger partial charge is 0.506 e. The van der Waals surface area contributed by atoms with Gasteiger partial charge in [-0.05, 0) is 30.0 Å². The van der Waals surface area contributed by atoms with E-state index in [1.165, 1.54) is 0 Å². The van der Waals surface area contributed by atoms with Gasteiger partial charge in [0.15, 0.2) is 0 Å². The van der Waals surface area contributed by atoms with Gasteiger partial charge in [-0.25, -0.2) is 4.98 Å². The Hall–Kier alpha value is -3.95. The van der Waals surface area contributed by atoms with Gasteiger partial charge in [-0.3, -0.25) is 9.55 Å². The maximum Gasteiger partial charge on any atom is 0.217 e. The van der Waals surface area contributed by atoms with Crippen LogP contribution in [0.3, 0.4) is 0 Å². The summed E-state index contributed by atoms with van der Waals surface area (Å²) in [6.07, 6.45) is 1.69. The average Bonchev–Trinajstić information content (AvgIpc) is 3.19. The van der Waals surface area contributed by atoms with Crippen LogP contribution in [0.5, 0.6) is 17.4 Å². The molecule has 34 heavy (non-hydrogen) atoms. The molecular formula is C28H18N3O2Pt-. The number of ether oxygens (including phenoxy) is 1. The molecule has 0 spiro atoms. The molecule has 6 heteroatoms. The second-order valence-electron chi connectivity index (χ2n) is 7.61. The maximum atomic E-state index is 10.6. The van der Waals surface area contributed by atoms with Crippen LogP contribution < -0.4 is 4.74 Å². The third kappa shape index (κ3) is 3.85. The maximum absolute atomic E-state index is 10.6. The molecule has 0 fully saturated rings. The van der Waals surface area contributed by atoms with E-state index in [4.69, 9.17) is 9.72 Å². The van der Waals surface area contributed by atoms with Gasteiger partial charge in [0.05, 0.1) is 11.2 Å². The van der Waals surface area contributed by atoms with Crippen molar-refractivity contribution < 1.29 is 30.9 Å². The van der Waals surface area contributed by atoms with Crippen molar-refractivity contribution in [2.75, 3.05) is 0 Å². The van der Waals surface area contributed by atoms with E-state index in [2.05, 4.69) is 23.2 Å². The van der Waals surface area contributed by atoms with Crippen molar-refractivity contribution in [1.29, 1.82) is 0 Å². The smallest absolute Gasteiger partial charge is 0.217 e. The van der Waals surface area contributed by atoms with Gasteiger partial charge in [-0.15, -0.1) is 23.8 Å². The van der Waals surface area contributed by atoms with E-state index in [0.717, 1.165) is 33.2 Å². The summed E-state index contributed by atoms with van der Waals surface area (Å²) in [5.74, 6) is 1.27. The summed E-state index contributed by atoms with van der Waals surface area (Å²) < 4.78 is 7.85. The van der Waals surface area contributed by atoms with E-state index in [9.17, 15) is 5.11 Å². The zero-order chi connectivity index (χ0) is 22.2. The number of rotatable bonds is 4. The van der Waals surface area contributed by atoms with Gasteiger partial charge in [0, 0.05) is 49.9 Å². The average molecular weight is 624 g/mol. The molecule has 0 saturated heterocycles. The molecule has 3 heterocycles. The van der Waals surface area contributed by atoms with Gasteiger partial charge in [-0.1, -0.05) is 54.6 Å². The number of benzene rings is 3. The van der Waals surface area contributed by atoms with Crippen molar-refractivity contribution in [1.82, 2.24) is 14.5 Å². The molecule has 6 rings (SSSR count). The van der Waals surface area contributed by atoms with E-state index in [1.807, 2.05) is 77.4 Å². The molecule has 0 saturated carbocycles. The SMILES string of the molecule is Oc1ccccc1-n1c2ccccc2c2ccc(-c3[c-]c(Oc4ccccn4)ccc3)nc21.[Pt]. The number of fused-ring (bicyclic) bond motifs is 3. The van der Waals surface area contributed by atoms with Gasteiger partial charge < -0.3 is 9.84 Å². The summed E-state index contributed by atoms with van der Waals surface area (Å²) in [5.41, 5.74) is 3.99. The van der Waals surface area contributed by atoms with Crippen LogP contribution in [0, 0.1) is 6.07 Å². The van der Waals surface area contributed by atoms with Crippen molar-refractivity contribution >= 4 is 21.9 Å². The number of nitrogens with zero attached hydrogens (tertiary/aromatic N) is 3. The first-order valence-corrected chi connectivity index (χ1v) is 10.6. The monoisotopic (exact) mass is 623 g/mol. The van der Waals surface area contributed by atoms with Gasteiger partial charge in [0.1, 0.15) is 11.4 Å². The fourth-order valence-corrected chi connectivity index (χ4v) is 4.06. The normalized spacial score (nSPS) is 10.8. The van der Waals surface area contributed by atoms with Gasteiger partial charge in [0.2, 0.25) is 5.88 Å². The van der Waals surface area contributed by atoms with Gasteiger partial charge in [0.25, 0.3) is 0 Å². The van der Waals surface area contributed by atoms with Gasteiger partial charge in [-0.2, -0.15) is 0 Å². The van der Waals surface area contributed by atoms with Gasteiger partial charge >= 0.3 is 0 Å². The second-order valence-corrected chi connectivity index (χ2v) is 7.61. The molecule has 5 nitrogen and oxygen atoms in total. The van der Waals surface area contributed by atoms with Crippen molar-refractivity contribution in [3.8, 4) is 34.3 Å². The number of hydrogen-bond donors (Lipinski definition) is 1. The standard InChI is InChI=1S/C28H18N3O2.Pt/c32-26-13-4-3-12-25(26)31-24-11-2-1-10-21(24)22-15-16-23(30-28(22)31)19-8-7-9-20(18-19)33-27-14-5-6-17-29-27;/h1-17,32H;/q-1;. The van der Waals surface area contributed by atoms with Crippen LogP contribution in [0.1, 0.15) is 0 Å². The molecular weight excluding hydrogens is 605 g/mol. The Bertz CT molecular complexity index is 1610. The van der Waals surface area contributed by atoms with Crippen LogP contribution in [0.2, 0.25) is 0 Å². The zero-order valence-electron chi connectivity index (χ0n) is 17.8. The summed E-state index contributed by atoms with van der Waals surface area (Å²) in [7, 11) is 0. The Kier molecular flexibility index (Phi) is 5.87. The van der Waals surface area contributed by atoms with Crippen LogP contribution >= 0.6 is 0 Å². The Morgan fingerprint density at radius 3 is 2.44 bits per heavy atom. The minimum atomic E-state index is 0. The Labute approximate surface area is 210 Å². The molecule has 0 amide bonds. The van der Waals surface area contributed by atoms with Crippen molar-refractivity contribution in [2.45, 2.75) is 0 Å². The Morgan fingerprint density at radius 2 is 1.59 bits per heavy atom. The molecule has 0 aliphatic carbocycles. The number of pyridine rings is 2. The van der Waals surface area contributed by atoms with E-state index in [0.29, 0.717) is 17.3 Å². The molecule has 6 aromatic rings. The predicted octanol–water partition coefficient (Wildman–Crippen LogP) is 6.54. The molecule has 3 aromatic heterocycles. The molecule has 1 N–H and O–H groups in total. The van der Waals surface area contributed by atoms with Crippen molar-refractivity contribution in [3.05, 3.63) is 109 Å². The molecule has 0 radical (unpaired) electrons. The van der Waals surface area contributed by atoms with Crippen LogP contribution in [0.25, 0.3) is 38.9 Å². The summed E-state index contributed by atoms with van der Waals surface area (Å²) in [6.45, 7) is 0. The number of phenols is 1. The number of aromatic nitrogens is 3. The van der Waals surface area contributed by atoms with Crippen molar-refractivity contribution in [2.24, 2.45) is 0 Å². The number of hydrogen-bond acceptors (Lipinski definition) is 4. The first-order chi connectivity index (χ1) is 16.3. The topological polar surface area (TPSA) is 60.2 Å². The predicted molar refractivity (Wildman–Crippen MR) is 129 cm³/mol. The first kappa shape index (κ1) is 21.9. The summed E-state index contributed by atoms with van der Waals surface area (Å²) in [4.78, 5) is 9.21. The van der Waals surface area contributed by atoms with Crippen LogP contribution in [0.4, 0.5) is 0 Å². The molecule has 0 aliphatic heterocycles. The van der Waals surface area contributed by atoms with Crippen LogP contribution in [-0.4, -0.2) is 19.6 Å². The minimum Gasteiger partial charge on any atom is -0.506 e. The molecule has 0 aliphatic rings. The second kappa shape index (κ2) is 9.12. The minimum absolute atomic E-state index is 0. The molecule has 0 atom stereocenters. The quantitative estimate of drug-likeness (QED) is 0.227. The fraction of sp³-hybridized carbons (Fsp3) is 0. The van der Waals surface area contributed by atoms with Crippen molar-refractivity contribution in [3.63, 3.8) is 0 Å². The third-order valence-corrected chi connectivity index (χ3v) is 5.54.